The number of hydrogen-bond acceptors (Lipinski definition) is 5. The van der Waals surface area contributed by atoms with Crippen molar-refractivity contribution in [2.24, 2.45) is 0 Å². The molecule has 0 saturated carbocycles. The molecule has 2 aromatic carbocycles. The third-order valence-corrected chi connectivity index (χ3v) is 6.09. The lowest BCUT2D eigenvalue weighted by atomic mass is 10.2. The second-order valence-electron chi connectivity index (χ2n) is 5.80. The molecule has 0 aliphatic carbocycles. The highest BCUT2D eigenvalue weighted by Crippen LogP contribution is 2.38. The third-order valence-electron chi connectivity index (χ3n) is 3.70. The topological polar surface area (TPSA) is 93.9 Å². The van der Waals surface area contributed by atoms with Crippen LogP contribution in [0.15, 0.2) is 41.3 Å². The lowest BCUT2D eigenvalue weighted by molar-refractivity contribution is -0.143. The number of carbonyl (C=O) groups excluding carboxylic acids is 1. The van der Waals surface area contributed by atoms with Gasteiger partial charge in [-0.1, -0.05) is 51.6 Å². The standard InChI is InChI=1S/C16H7Cl4F3N4O3S/c17-7-1-3-9(4-2-7)31(29,30)25-15(28)12-14(16(21,22)23)27(26-24-12)13-10(19)5-8(18)6-11(13)20/h1-6H,(H,25,28). The van der Waals surface area contributed by atoms with Crippen LogP contribution in [0.1, 0.15) is 16.2 Å². The van der Waals surface area contributed by atoms with Crippen molar-refractivity contribution in [2.45, 2.75) is 11.1 Å². The minimum Gasteiger partial charge on any atom is -0.266 e. The molecule has 0 aliphatic rings. The molecule has 0 aliphatic heterocycles. The van der Waals surface area contributed by atoms with E-state index in [0.29, 0.717) is 0 Å². The monoisotopic (exact) mass is 532 g/mol. The van der Waals surface area contributed by atoms with E-state index in [-0.39, 0.29) is 24.8 Å². The predicted octanol–water partition coefficient (Wildman–Crippen LogP) is 5.02. The molecule has 0 radical (unpaired) electrons. The van der Waals surface area contributed by atoms with Gasteiger partial charge in [0.05, 0.1) is 14.9 Å². The van der Waals surface area contributed by atoms with E-state index in [2.05, 4.69) is 10.3 Å². The highest BCUT2D eigenvalue weighted by atomic mass is 35.5. The van der Waals surface area contributed by atoms with Gasteiger partial charge in [0.2, 0.25) is 0 Å². The zero-order valence-electron chi connectivity index (χ0n) is 14.6. The molecule has 15 heteroatoms. The van der Waals surface area contributed by atoms with Gasteiger partial charge in [0.15, 0.2) is 11.4 Å². The van der Waals surface area contributed by atoms with E-state index in [0.717, 1.165) is 24.3 Å². The third kappa shape index (κ3) is 4.90. The summed E-state index contributed by atoms with van der Waals surface area (Å²) in [5, 5.41) is 6.13. The molecule has 1 N–H and O–H groups in total. The molecule has 0 spiro atoms. The first-order valence-electron chi connectivity index (χ1n) is 7.82. The number of sulfonamides is 1. The van der Waals surface area contributed by atoms with E-state index in [4.69, 9.17) is 46.4 Å². The number of nitrogens with one attached hydrogen (secondary N) is 1. The summed E-state index contributed by atoms with van der Waals surface area (Å²) in [7, 11) is -4.54. The van der Waals surface area contributed by atoms with E-state index in [1.54, 1.807) is 0 Å². The maximum atomic E-state index is 13.8. The number of amides is 1. The van der Waals surface area contributed by atoms with Crippen LogP contribution in [0.5, 0.6) is 0 Å². The van der Waals surface area contributed by atoms with Crippen LogP contribution < -0.4 is 4.72 Å². The van der Waals surface area contributed by atoms with E-state index in [9.17, 15) is 26.4 Å². The summed E-state index contributed by atoms with van der Waals surface area (Å²) in [6.07, 6.45) is -5.19. The van der Waals surface area contributed by atoms with E-state index < -0.39 is 44.1 Å². The second-order valence-corrected chi connectivity index (χ2v) is 9.17. The van der Waals surface area contributed by atoms with Crippen molar-refractivity contribution in [1.29, 1.82) is 0 Å². The summed E-state index contributed by atoms with van der Waals surface area (Å²) in [5.41, 5.74) is -3.46. The largest absolute Gasteiger partial charge is 0.435 e. The second kappa shape index (κ2) is 8.47. The zero-order valence-corrected chi connectivity index (χ0v) is 18.4. The molecule has 3 rings (SSSR count). The number of nitrogens with zero attached hydrogens (tertiary/aromatic N) is 3. The number of carbonyl (C=O) groups is 1. The fourth-order valence-corrected chi connectivity index (χ4v) is 4.48. The molecule has 1 aromatic heterocycles. The fraction of sp³-hybridized carbons (Fsp3) is 0.0625. The SMILES string of the molecule is O=C(NS(=O)(=O)c1ccc(Cl)cc1)c1nnn(-c2c(Cl)cc(Cl)cc2Cl)c1C(F)(F)F. The van der Waals surface area contributed by atoms with Crippen LogP contribution in [0.4, 0.5) is 13.2 Å². The highest BCUT2D eigenvalue weighted by Gasteiger charge is 2.43. The maximum Gasteiger partial charge on any atom is 0.435 e. The van der Waals surface area contributed by atoms with Crippen LogP contribution in [-0.2, 0) is 16.2 Å². The molecule has 7 nitrogen and oxygen atoms in total. The smallest absolute Gasteiger partial charge is 0.266 e. The number of alkyl halides is 3. The van der Waals surface area contributed by atoms with Gasteiger partial charge in [-0.05, 0) is 36.4 Å². The number of aromatic nitrogens is 3. The maximum absolute atomic E-state index is 13.8. The lowest BCUT2D eigenvalue weighted by Crippen LogP contribution is -2.32. The Labute approximate surface area is 192 Å². The van der Waals surface area contributed by atoms with Crippen LogP contribution in [-0.4, -0.2) is 29.3 Å². The Bertz CT molecular complexity index is 1260. The Morgan fingerprint density at radius 3 is 2.03 bits per heavy atom. The first kappa shape index (κ1) is 23.6. The van der Waals surface area contributed by atoms with Crippen LogP contribution in [0.2, 0.25) is 20.1 Å². The van der Waals surface area contributed by atoms with Gasteiger partial charge in [-0.15, -0.1) is 5.10 Å². The summed E-state index contributed by atoms with van der Waals surface area (Å²) in [5.74, 6) is -1.67. The quantitative estimate of drug-likeness (QED) is 0.508. The highest BCUT2D eigenvalue weighted by molar-refractivity contribution is 7.90. The molecule has 1 amide bonds. The predicted molar refractivity (Wildman–Crippen MR) is 107 cm³/mol. The Kier molecular flexibility index (Phi) is 6.45. The van der Waals surface area contributed by atoms with Crippen molar-refractivity contribution in [2.75, 3.05) is 0 Å². The molecule has 1 heterocycles. The minimum atomic E-state index is -5.19. The Morgan fingerprint density at radius 1 is 0.968 bits per heavy atom. The van der Waals surface area contributed by atoms with E-state index in [1.165, 1.54) is 16.9 Å². The van der Waals surface area contributed by atoms with Gasteiger partial charge in [0.25, 0.3) is 15.9 Å². The Hall–Kier alpha value is -2.05. The Balaban J connectivity index is 2.09. The van der Waals surface area contributed by atoms with Crippen molar-refractivity contribution < 1.29 is 26.4 Å². The van der Waals surface area contributed by atoms with Crippen molar-refractivity contribution in [3.63, 3.8) is 0 Å². The average Bonchev–Trinajstić information content (AvgIpc) is 3.06. The Morgan fingerprint density at radius 2 is 1.52 bits per heavy atom. The molecule has 0 bridgehead atoms. The molecule has 31 heavy (non-hydrogen) atoms. The van der Waals surface area contributed by atoms with Crippen LogP contribution in [0.25, 0.3) is 5.69 Å². The van der Waals surface area contributed by atoms with Gasteiger partial charge < -0.3 is 0 Å². The van der Waals surface area contributed by atoms with Crippen molar-refractivity contribution >= 4 is 62.3 Å². The lowest BCUT2D eigenvalue weighted by Gasteiger charge is -2.13. The van der Waals surface area contributed by atoms with Gasteiger partial charge >= 0.3 is 6.18 Å². The van der Waals surface area contributed by atoms with Crippen molar-refractivity contribution in [3.05, 3.63) is 67.9 Å². The average molecular weight is 534 g/mol. The molecular weight excluding hydrogens is 527 g/mol. The molecular formula is C16H7Cl4F3N4O3S. The summed E-state index contributed by atoms with van der Waals surface area (Å²) in [6, 6.07) is 6.79. The van der Waals surface area contributed by atoms with Crippen molar-refractivity contribution in [1.82, 2.24) is 19.7 Å². The molecule has 164 valence electrons. The molecule has 0 atom stereocenters. The minimum absolute atomic E-state index is 0.0412. The summed E-state index contributed by atoms with van der Waals surface area (Å²) < 4.78 is 67.7. The molecule has 0 saturated heterocycles. The summed E-state index contributed by atoms with van der Waals surface area (Å²) in [4.78, 5) is 12.0. The van der Waals surface area contributed by atoms with Gasteiger partial charge in [0, 0.05) is 10.0 Å². The van der Waals surface area contributed by atoms with E-state index in [1.807, 2.05) is 0 Å². The normalized spacial score (nSPS) is 12.1. The number of rotatable bonds is 4. The van der Waals surface area contributed by atoms with Crippen LogP contribution >= 0.6 is 46.4 Å². The molecule has 0 fully saturated rings. The number of hydrogen-bond donors (Lipinski definition) is 1. The van der Waals surface area contributed by atoms with E-state index >= 15 is 0 Å². The summed E-state index contributed by atoms with van der Waals surface area (Å²) >= 11 is 23.3. The van der Waals surface area contributed by atoms with Crippen LogP contribution in [0, 0.1) is 0 Å². The van der Waals surface area contributed by atoms with Gasteiger partial charge in [0.1, 0.15) is 5.69 Å². The molecule has 3 aromatic rings. The van der Waals surface area contributed by atoms with Crippen molar-refractivity contribution in [3.8, 4) is 5.69 Å². The first-order valence-corrected chi connectivity index (χ1v) is 10.8. The number of halogens is 7. The van der Waals surface area contributed by atoms with Gasteiger partial charge in [-0.25, -0.2) is 17.8 Å². The fourth-order valence-electron chi connectivity index (χ4n) is 2.43. The molecule has 0 unspecified atom stereocenters. The summed E-state index contributed by atoms with van der Waals surface area (Å²) in [6.45, 7) is 0. The zero-order chi connectivity index (χ0) is 23.1. The van der Waals surface area contributed by atoms with Crippen LogP contribution in [0.3, 0.4) is 0 Å². The van der Waals surface area contributed by atoms with Gasteiger partial charge in [-0.3, -0.25) is 4.79 Å². The van der Waals surface area contributed by atoms with Gasteiger partial charge in [-0.2, -0.15) is 13.2 Å². The first-order chi connectivity index (χ1) is 14.3. The number of benzene rings is 2.